The average Bonchev–Trinajstić information content (AvgIpc) is 3.61. The zero-order valence-electron chi connectivity index (χ0n) is 21.4. The lowest BCUT2D eigenvalue weighted by Crippen LogP contribution is -2.37. The molecule has 2 fully saturated rings. The summed E-state index contributed by atoms with van der Waals surface area (Å²) in [6.45, 7) is 0. The van der Waals surface area contributed by atoms with Crippen molar-refractivity contribution in [2.75, 3.05) is 16.0 Å². The third kappa shape index (κ3) is 6.48. The number of amides is 2. The first-order chi connectivity index (χ1) is 18.8. The number of fused-ring (bicyclic) bond motifs is 1. The number of aromatic nitrogens is 4. The number of carbonyl (C=O) groups is 3. The molecule has 0 aromatic carbocycles. The zero-order chi connectivity index (χ0) is 27.5. The van der Waals surface area contributed by atoms with E-state index in [2.05, 4.69) is 31.0 Å². The molecule has 0 aliphatic heterocycles. The Morgan fingerprint density at radius 3 is 2.46 bits per heavy atom. The van der Waals surface area contributed by atoms with E-state index in [1.54, 1.807) is 0 Å². The molecule has 3 aromatic rings. The number of primary amides is 1. The van der Waals surface area contributed by atoms with Gasteiger partial charge in [0.05, 0.1) is 29.8 Å². The zero-order valence-corrected chi connectivity index (χ0v) is 21.4. The minimum absolute atomic E-state index is 0.0152. The molecule has 0 radical (unpaired) electrons. The van der Waals surface area contributed by atoms with Crippen LogP contribution < -0.4 is 27.4 Å². The van der Waals surface area contributed by atoms with Crippen molar-refractivity contribution in [3.8, 4) is 0 Å². The second-order valence-electron chi connectivity index (χ2n) is 10.4. The molecule has 2 aliphatic rings. The van der Waals surface area contributed by atoms with Crippen molar-refractivity contribution in [2.24, 2.45) is 17.4 Å². The Kier molecular flexibility index (Phi) is 7.68. The first-order valence-electron chi connectivity index (χ1n) is 13.2. The Balaban J connectivity index is 1.28. The fourth-order valence-electron chi connectivity index (χ4n) is 4.90. The second kappa shape index (κ2) is 11.3. The number of pyridine rings is 1. The van der Waals surface area contributed by atoms with Crippen LogP contribution in [-0.2, 0) is 9.59 Å². The molecule has 39 heavy (non-hydrogen) atoms. The maximum atomic E-state index is 14.1. The van der Waals surface area contributed by atoms with Gasteiger partial charge in [0.1, 0.15) is 11.6 Å². The van der Waals surface area contributed by atoms with Gasteiger partial charge in [-0.15, -0.1) is 5.10 Å². The number of hydrogen-bond donors (Lipinski definition) is 5. The summed E-state index contributed by atoms with van der Waals surface area (Å²) in [6.07, 6.45) is 9.48. The number of halogens is 1. The SMILES string of the molecule is NC(=O)C[C@@H](N)C(=O)CC1CCC(Nc2cc(NC3CC3)c3ncc(C(=O)Nc4ccncc4F)n3n2)CC1. The molecule has 1 atom stereocenters. The molecule has 12 nitrogen and oxygen atoms in total. The fourth-order valence-corrected chi connectivity index (χ4v) is 4.90. The number of Topliss-reactive ketones (excluding diaryl/α,β-unsaturated/α-hetero) is 1. The van der Waals surface area contributed by atoms with Crippen molar-refractivity contribution in [1.82, 2.24) is 19.6 Å². The number of hydrogen-bond acceptors (Lipinski definition) is 9. The lowest BCUT2D eigenvalue weighted by Gasteiger charge is -2.29. The van der Waals surface area contributed by atoms with Gasteiger partial charge in [0.15, 0.2) is 17.2 Å². The molecular weight excluding hydrogens is 505 g/mol. The van der Waals surface area contributed by atoms with E-state index in [1.807, 2.05) is 6.07 Å². The molecule has 0 spiro atoms. The highest BCUT2D eigenvalue weighted by Gasteiger charge is 2.28. The Morgan fingerprint density at radius 1 is 1.05 bits per heavy atom. The fraction of sp³-hybridized carbons (Fsp3) is 0.462. The summed E-state index contributed by atoms with van der Waals surface area (Å²) in [7, 11) is 0. The normalized spacial score (nSPS) is 19.8. The molecule has 0 bridgehead atoms. The molecule has 0 unspecified atom stereocenters. The molecule has 2 amide bonds. The van der Waals surface area contributed by atoms with Gasteiger partial charge in [-0.1, -0.05) is 0 Å². The molecule has 3 heterocycles. The summed E-state index contributed by atoms with van der Waals surface area (Å²) >= 11 is 0. The molecule has 3 aromatic heterocycles. The highest BCUT2D eigenvalue weighted by Crippen LogP contribution is 2.32. The maximum Gasteiger partial charge on any atom is 0.276 e. The lowest BCUT2D eigenvalue weighted by molar-refractivity contribution is -0.125. The van der Waals surface area contributed by atoms with Crippen molar-refractivity contribution in [3.05, 3.63) is 42.2 Å². The molecule has 0 saturated heterocycles. The molecule has 206 valence electrons. The van der Waals surface area contributed by atoms with Crippen LogP contribution >= 0.6 is 0 Å². The van der Waals surface area contributed by atoms with Crippen molar-refractivity contribution in [3.63, 3.8) is 0 Å². The van der Waals surface area contributed by atoms with Crippen LogP contribution in [0.3, 0.4) is 0 Å². The van der Waals surface area contributed by atoms with Crippen LogP contribution in [0.1, 0.15) is 61.9 Å². The van der Waals surface area contributed by atoms with Crippen LogP contribution in [0.4, 0.5) is 21.6 Å². The van der Waals surface area contributed by atoms with E-state index < -0.39 is 23.7 Å². The first kappa shape index (κ1) is 26.5. The molecular formula is C26H32FN9O3. The van der Waals surface area contributed by atoms with E-state index in [4.69, 9.17) is 11.5 Å². The molecule has 13 heteroatoms. The van der Waals surface area contributed by atoms with Crippen LogP contribution in [0.15, 0.2) is 30.7 Å². The van der Waals surface area contributed by atoms with Gasteiger partial charge >= 0.3 is 0 Å². The van der Waals surface area contributed by atoms with E-state index in [9.17, 15) is 18.8 Å². The van der Waals surface area contributed by atoms with E-state index in [0.717, 1.165) is 50.4 Å². The van der Waals surface area contributed by atoms with Crippen LogP contribution in [0, 0.1) is 11.7 Å². The smallest absolute Gasteiger partial charge is 0.276 e. The van der Waals surface area contributed by atoms with Crippen LogP contribution in [-0.4, -0.2) is 55.3 Å². The number of imidazole rings is 1. The topological polar surface area (TPSA) is 182 Å². The highest BCUT2D eigenvalue weighted by atomic mass is 19.1. The van der Waals surface area contributed by atoms with Crippen LogP contribution in [0.5, 0.6) is 0 Å². The summed E-state index contributed by atoms with van der Waals surface area (Å²) < 4.78 is 15.5. The number of rotatable bonds is 11. The number of carbonyl (C=O) groups excluding carboxylic acids is 3. The minimum atomic E-state index is -0.844. The highest BCUT2D eigenvalue weighted by molar-refractivity contribution is 6.03. The third-order valence-corrected chi connectivity index (χ3v) is 7.18. The molecule has 2 aliphatic carbocycles. The minimum Gasteiger partial charge on any atom is -0.379 e. The van der Waals surface area contributed by atoms with E-state index in [0.29, 0.717) is 23.9 Å². The number of anilines is 3. The Hall–Kier alpha value is -4.13. The van der Waals surface area contributed by atoms with Gasteiger partial charge in [-0.3, -0.25) is 19.4 Å². The Bertz CT molecular complexity index is 1380. The third-order valence-electron chi connectivity index (χ3n) is 7.18. The van der Waals surface area contributed by atoms with Crippen LogP contribution in [0.2, 0.25) is 0 Å². The lowest BCUT2D eigenvalue weighted by atomic mass is 9.82. The standard InChI is InChI=1S/C26H32FN9O3/c27-17-12-30-8-7-19(17)34-26(39)21-13-31-25-20(32-15-5-6-15)11-24(35-36(21)25)33-16-3-1-14(2-4-16)9-22(37)18(28)10-23(29)38/h7-8,11-16,18,32H,1-6,9-10,28H2,(H2,29,38)(H,33,35)(H,30,34,39)/t14?,16?,18-/m1/s1. The summed E-state index contributed by atoms with van der Waals surface area (Å²) in [4.78, 5) is 44.5. The largest absolute Gasteiger partial charge is 0.379 e. The van der Waals surface area contributed by atoms with Crippen molar-refractivity contribution in [1.29, 1.82) is 0 Å². The maximum absolute atomic E-state index is 14.1. The molecule has 5 rings (SSSR count). The monoisotopic (exact) mass is 537 g/mol. The van der Waals surface area contributed by atoms with E-state index in [-0.39, 0.29) is 35.5 Å². The average molecular weight is 538 g/mol. The predicted molar refractivity (Wildman–Crippen MR) is 143 cm³/mol. The summed E-state index contributed by atoms with van der Waals surface area (Å²) in [5, 5.41) is 14.1. The van der Waals surface area contributed by atoms with Gasteiger partial charge in [0.2, 0.25) is 5.91 Å². The number of nitrogens with one attached hydrogen (secondary N) is 3. The first-order valence-corrected chi connectivity index (χ1v) is 13.2. The van der Waals surface area contributed by atoms with Gasteiger partial charge in [-0.2, -0.15) is 0 Å². The van der Waals surface area contributed by atoms with Crippen molar-refractivity contribution < 1.29 is 18.8 Å². The van der Waals surface area contributed by atoms with E-state index in [1.165, 1.54) is 23.0 Å². The second-order valence-corrected chi connectivity index (χ2v) is 10.4. The molecule has 7 N–H and O–H groups in total. The van der Waals surface area contributed by atoms with Gasteiger partial charge < -0.3 is 27.4 Å². The van der Waals surface area contributed by atoms with Gasteiger partial charge in [0.25, 0.3) is 5.91 Å². The quantitative estimate of drug-likeness (QED) is 0.245. The van der Waals surface area contributed by atoms with Crippen molar-refractivity contribution in [2.45, 2.75) is 69.5 Å². The Morgan fingerprint density at radius 2 is 1.77 bits per heavy atom. The number of nitrogens with two attached hydrogens (primary N) is 2. The summed E-state index contributed by atoms with van der Waals surface area (Å²) in [6, 6.07) is 2.90. The van der Waals surface area contributed by atoms with Crippen LogP contribution in [0.25, 0.3) is 5.65 Å². The molecule has 2 saturated carbocycles. The van der Waals surface area contributed by atoms with Gasteiger partial charge in [-0.25, -0.2) is 13.9 Å². The summed E-state index contributed by atoms with van der Waals surface area (Å²) in [5.74, 6) is -1.12. The van der Waals surface area contributed by atoms with Crippen molar-refractivity contribution >= 4 is 40.4 Å². The van der Waals surface area contributed by atoms with Gasteiger partial charge in [-0.05, 0) is 50.5 Å². The van der Waals surface area contributed by atoms with Gasteiger partial charge in [0, 0.05) is 37.2 Å². The number of ketones is 1. The summed E-state index contributed by atoms with van der Waals surface area (Å²) in [5.41, 5.74) is 12.4. The van der Waals surface area contributed by atoms with E-state index >= 15 is 0 Å². The predicted octanol–water partition coefficient (Wildman–Crippen LogP) is 2.22. The Labute approximate surface area is 224 Å². The number of nitrogens with zero attached hydrogens (tertiary/aromatic N) is 4.